The van der Waals surface area contributed by atoms with Crippen molar-refractivity contribution in [3.63, 3.8) is 0 Å². The third-order valence-corrected chi connectivity index (χ3v) is 4.05. The van der Waals surface area contributed by atoms with E-state index in [0.29, 0.717) is 16.9 Å². The molecule has 0 atom stereocenters. The van der Waals surface area contributed by atoms with Crippen molar-refractivity contribution in [1.82, 2.24) is 20.6 Å². The van der Waals surface area contributed by atoms with Crippen LogP contribution in [0.15, 0.2) is 18.2 Å². The Balaban J connectivity index is 1.97. The molecule has 1 fully saturated rings. The summed E-state index contributed by atoms with van der Waals surface area (Å²) in [6, 6.07) is 4.49. The standard InChI is InChI=1S/C13H16BFN4O2/c1-12(2)13(3,4)21-14(20-12)9-5-8(6-10(15)7-9)11-16-18-19-17-11/h5-7H,1-4H3,(H,16,17,18,19). The van der Waals surface area contributed by atoms with Gasteiger partial charge in [-0.05, 0) is 50.5 Å². The Morgan fingerprint density at radius 2 is 1.76 bits per heavy atom. The van der Waals surface area contributed by atoms with E-state index in [4.69, 9.17) is 9.31 Å². The van der Waals surface area contributed by atoms with Crippen LogP contribution in [-0.4, -0.2) is 38.9 Å². The van der Waals surface area contributed by atoms with Crippen molar-refractivity contribution in [2.75, 3.05) is 0 Å². The van der Waals surface area contributed by atoms with E-state index >= 15 is 0 Å². The lowest BCUT2D eigenvalue weighted by molar-refractivity contribution is 0.00578. The van der Waals surface area contributed by atoms with Crippen molar-refractivity contribution in [3.05, 3.63) is 24.0 Å². The first-order chi connectivity index (χ1) is 9.78. The quantitative estimate of drug-likeness (QED) is 0.844. The molecule has 21 heavy (non-hydrogen) atoms. The topological polar surface area (TPSA) is 72.9 Å². The van der Waals surface area contributed by atoms with Crippen LogP contribution in [0.4, 0.5) is 4.39 Å². The summed E-state index contributed by atoms with van der Waals surface area (Å²) >= 11 is 0. The van der Waals surface area contributed by atoms with Gasteiger partial charge in [-0.15, -0.1) is 10.2 Å². The molecule has 1 aromatic heterocycles. The Kier molecular flexibility index (Phi) is 3.10. The summed E-state index contributed by atoms with van der Waals surface area (Å²) in [7, 11) is -0.628. The molecule has 8 heteroatoms. The van der Waals surface area contributed by atoms with Gasteiger partial charge in [-0.25, -0.2) is 4.39 Å². The second-order valence-electron chi connectivity index (χ2n) is 6.10. The molecular formula is C13H16BFN4O2. The smallest absolute Gasteiger partial charge is 0.399 e. The molecule has 6 nitrogen and oxygen atoms in total. The molecule has 0 amide bonds. The van der Waals surface area contributed by atoms with E-state index < -0.39 is 24.1 Å². The normalized spacial score (nSPS) is 20.0. The Hall–Kier alpha value is -1.80. The molecule has 0 aliphatic carbocycles. The molecule has 1 aliphatic heterocycles. The Labute approximate surface area is 122 Å². The lowest BCUT2D eigenvalue weighted by atomic mass is 9.78. The summed E-state index contributed by atoms with van der Waals surface area (Å²) in [5.74, 6) is -0.0747. The minimum absolute atomic E-state index is 0.326. The van der Waals surface area contributed by atoms with E-state index in [0.717, 1.165) is 0 Å². The van der Waals surface area contributed by atoms with Gasteiger partial charge in [-0.1, -0.05) is 6.07 Å². The summed E-state index contributed by atoms with van der Waals surface area (Å²) in [6.07, 6.45) is 0. The highest BCUT2D eigenvalue weighted by molar-refractivity contribution is 6.62. The van der Waals surface area contributed by atoms with Gasteiger partial charge in [0.1, 0.15) is 5.82 Å². The molecule has 0 saturated carbocycles. The van der Waals surface area contributed by atoms with Gasteiger partial charge in [-0.2, -0.15) is 5.21 Å². The van der Waals surface area contributed by atoms with E-state index in [1.807, 2.05) is 27.7 Å². The van der Waals surface area contributed by atoms with Crippen LogP contribution in [0.25, 0.3) is 11.4 Å². The average molecular weight is 290 g/mol. The number of hydrogen-bond acceptors (Lipinski definition) is 5. The fourth-order valence-corrected chi connectivity index (χ4v) is 2.14. The Bertz CT molecular complexity index is 644. The molecule has 0 spiro atoms. The lowest BCUT2D eigenvalue weighted by Crippen LogP contribution is -2.41. The number of halogens is 1. The number of hydrogen-bond donors (Lipinski definition) is 1. The number of benzene rings is 1. The van der Waals surface area contributed by atoms with Crippen molar-refractivity contribution in [3.8, 4) is 11.4 Å². The number of tetrazole rings is 1. The molecule has 1 N–H and O–H groups in total. The van der Waals surface area contributed by atoms with Gasteiger partial charge in [0.15, 0.2) is 0 Å². The predicted molar refractivity (Wildman–Crippen MR) is 75.3 cm³/mol. The van der Waals surface area contributed by atoms with Crippen LogP contribution in [-0.2, 0) is 9.31 Å². The molecule has 1 aromatic carbocycles. The van der Waals surface area contributed by atoms with Gasteiger partial charge in [0.2, 0.25) is 5.82 Å². The van der Waals surface area contributed by atoms with Crippen LogP contribution in [0.3, 0.4) is 0 Å². The third-order valence-electron chi connectivity index (χ3n) is 4.05. The summed E-state index contributed by atoms with van der Waals surface area (Å²) in [5, 5.41) is 13.5. The minimum atomic E-state index is -0.628. The highest BCUT2D eigenvalue weighted by atomic mass is 19.1. The van der Waals surface area contributed by atoms with Crippen LogP contribution in [0.1, 0.15) is 27.7 Å². The SMILES string of the molecule is CC1(C)OB(c2cc(F)cc(-c3nn[nH]n3)c2)OC1(C)C. The second kappa shape index (κ2) is 4.61. The Morgan fingerprint density at radius 1 is 1.10 bits per heavy atom. The first-order valence-corrected chi connectivity index (χ1v) is 6.68. The zero-order valence-corrected chi connectivity index (χ0v) is 12.3. The fourth-order valence-electron chi connectivity index (χ4n) is 2.14. The number of H-pyrrole nitrogens is 1. The van der Waals surface area contributed by atoms with E-state index in [1.165, 1.54) is 12.1 Å². The molecular weight excluding hydrogens is 274 g/mol. The lowest BCUT2D eigenvalue weighted by Gasteiger charge is -2.32. The van der Waals surface area contributed by atoms with Crippen molar-refractivity contribution in [1.29, 1.82) is 0 Å². The van der Waals surface area contributed by atoms with Gasteiger partial charge in [-0.3, -0.25) is 0 Å². The minimum Gasteiger partial charge on any atom is -0.399 e. The van der Waals surface area contributed by atoms with E-state index in [9.17, 15) is 4.39 Å². The summed E-state index contributed by atoms with van der Waals surface area (Å²) in [4.78, 5) is 0. The van der Waals surface area contributed by atoms with Crippen LogP contribution in [0.2, 0.25) is 0 Å². The largest absolute Gasteiger partial charge is 0.494 e. The molecule has 0 unspecified atom stereocenters. The highest BCUT2D eigenvalue weighted by Gasteiger charge is 2.51. The summed E-state index contributed by atoms with van der Waals surface area (Å²) in [5.41, 5.74) is 0.161. The summed E-state index contributed by atoms with van der Waals surface area (Å²) < 4.78 is 25.7. The number of rotatable bonds is 2. The number of aromatic amines is 1. The van der Waals surface area contributed by atoms with Crippen LogP contribution >= 0.6 is 0 Å². The van der Waals surface area contributed by atoms with Crippen molar-refractivity contribution in [2.24, 2.45) is 0 Å². The Morgan fingerprint density at radius 3 is 2.33 bits per heavy atom. The van der Waals surface area contributed by atoms with Gasteiger partial charge in [0.05, 0.1) is 11.2 Å². The van der Waals surface area contributed by atoms with Crippen molar-refractivity contribution in [2.45, 2.75) is 38.9 Å². The number of aromatic nitrogens is 4. The molecule has 2 heterocycles. The number of nitrogens with one attached hydrogen (secondary N) is 1. The molecule has 1 aliphatic rings. The van der Waals surface area contributed by atoms with E-state index in [1.54, 1.807) is 6.07 Å². The van der Waals surface area contributed by atoms with Gasteiger partial charge in [0.25, 0.3) is 0 Å². The van der Waals surface area contributed by atoms with E-state index in [-0.39, 0.29) is 0 Å². The molecule has 0 radical (unpaired) electrons. The molecule has 3 rings (SSSR count). The van der Waals surface area contributed by atoms with Crippen LogP contribution < -0.4 is 5.46 Å². The van der Waals surface area contributed by atoms with E-state index in [2.05, 4.69) is 20.6 Å². The van der Waals surface area contributed by atoms with Crippen molar-refractivity contribution >= 4 is 12.6 Å². The zero-order valence-electron chi connectivity index (χ0n) is 12.3. The molecule has 1 saturated heterocycles. The highest BCUT2D eigenvalue weighted by Crippen LogP contribution is 2.36. The molecule has 2 aromatic rings. The number of nitrogens with zero attached hydrogens (tertiary/aromatic N) is 3. The van der Waals surface area contributed by atoms with Crippen LogP contribution in [0.5, 0.6) is 0 Å². The average Bonchev–Trinajstić information content (AvgIpc) is 2.96. The first-order valence-electron chi connectivity index (χ1n) is 6.68. The van der Waals surface area contributed by atoms with Gasteiger partial charge < -0.3 is 9.31 Å². The molecule has 110 valence electrons. The van der Waals surface area contributed by atoms with Crippen molar-refractivity contribution < 1.29 is 13.7 Å². The molecule has 0 bridgehead atoms. The fraction of sp³-hybridized carbons (Fsp3) is 0.462. The maximum atomic E-state index is 13.9. The first kappa shape index (κ1) is 14.2. The van der Waals surface area contributed by atoms with Gasteiger partial charge >= 0.3 is 7.12 Å². The monoisotopic (exact) mass is 290 g/mol. The second-order valence-corrected chi connectivity index (χ2v) is 6.10. The maximum Gasteiger partial charge on any atom is 0.494 e. The van der Waals surface area contributed by atoms with Gasteiger partial charge in [0, 0.05) is 5.56 Å². The third kappa shape index (κ3) is 2.45. The zero-order chi connectivity index (χ0) is 15.3. The summed E-state index contributed by atoms with van der Waals surface area (Å²) in [6.45, 7) is 7.80. The maximum absolute atomic E-state index is 13.9. The van der Waals surface area contributed by atoms with Crippen LogP contribution in [0, 0.1) is 5.82 Å². The predicted octanol–water partition coefficient (Wildman–Crippen LogP) is 1.30.